The highest BCUT2D eigenvalue weighted by molar-refractivity contribution is 6.07. The number of hydrogen-bond acceptors (Lipinski definition) is 4. The second-order valence-corrected chi connectivity index (χ2v) is 5.80. The highest BCUT2D eigenvalue weighted by Crippen LogP contribution is 2.17. The van der Waals surface area contributed by atoms with Crippen molar-refractivity contribution in [1.29, 1.82) is 0 Å². The molecule has 1 aromatic heterocycles. The van der Waals surface area contributed by atoms with Gasteiger partial charge >= 0.3 is 6.03 Å². The highest BCUT2D eigenvalue weighted by atomic mass is 16.2. The first-order valence-electron chi connectivity index (χ1n) is 8.30. The minimum absolute atomic E-state index is 0.323. The Hall–Kier alpha value is -4.20. The molecule has 140 valence electrons. The van der Waals surface area contributed by atoms with E-state index in [1.807, 2.05) is 0 Å². The minimum atomic E-state index is -0.694. The molecule has 0 spiro atoms. The van der Waals surface area contributed by atoms with E-state index in [1.165, 1.54) is 6.20 Å². The number of aromatic nitrogens is 1. The maximum Gasteiger partial charge on any atom is 0.316 e. The van der Waals surface area contributed by atoms with E-state index in [0.29, 0.717) is 28.2 Å². The molecular formula is C20H17N5O3. The van der Waals surface area contributed by atoms with E-state index in [1.54, 1.807) is 66.9 Å². The monoisotopic (exact) mass is 375 g/mol. The number of pyridine rings is 1. The van der Waals surface area contributed by atoms with Crippen LogP contribution in [0.3, 0.4) is 0 Å². The van der Waals surface area contributed by atoms with Gasteiger partial charge in [0.25, 0.3) is 11.8 Å². The molecule has 1 heterocycles. The fraction of sp³-hybridized carbons (Fsp3) is 0. The second-order valence-electron chi connectivity index (χ2n) is 5.80. The maximum atomic E-state index is 12.5. The lowest BCUT2D eigenvalue weighted by Crippen LogP contribution is -2.19. The Balaban J connectivity index is 1.70. The van der Waals surface area contributed by atoms with Crippen LogP contribution in [0.25, 0.3) is 0 Å². The van der Waals surface area contributed by atoms with Gasteiger partial charge in [-0.3, -0.25) is 14.6 Å². The molecule has 4 amide bonds. The topological polar surface area (TPSA) is 126 Å². The molecule has 8 heteroatoms. The number of carbonyl (C=O) groups excluding carboxylic acids is 3. The summed E-state index contributed by atoms with van der Waals surface area (Å²) in [4.78, 5) is 39.6. The lowest BCUT2D eigenvalue weighted by molar-refractivity contribution is 0.101. The molecule has 0 aliphatic rings. The quantitative estimate of drug-likeness (QED) is 0.546. The van der Waals surface area contributed by atoms with Gasteiger partial charge in [-0.1, -0.05) is 12.1 Å². The third-order valence-electron chi connectivity index (χ3n) is 3.69. The molecule has 0 aliphatic carbocycles. The zero-order valence-corrected chi connectivity index (χ0v) is 14.7. The molecule has 0 atom stereocenters. The molecule has 3 aromatic rings. The van der Waals surface area contributed by atoms with Gasteiger partial charge in [-0.2, -0.15) is 0 Å². The predicted octanol–water partition coefficient (Wildman–Crippen LogP) is 3.08. The van der Waals surface area contributed by atoms with E-state index in [-0.39, 0.29) is 11.8 Å². The fourth-order valence-corrected chi connectivity index (χ4v) is 2.46. The predicted molar refractivity (Wildman–Crippen MR) is 106 cm³/mol. The van der Waals surface area contributed by atoms with E-state index >= 15 is 0 Å². The Labute approximate surface area is 160 Å². The van der Waals surface area contributed by atoms with Crippen molar-refractivity contribution in [2.24, 2.45) is 5.73 Å². The second kappa shape index (κ2) is 8.45. The van der Waals surface area contributed by atoms with Crippen molar-refractivity contribution < 1.29 is 14.4 Å². The molecule has 0 unspecified atom stereocenters. The average Bonchev–Trinajstić information content (AvgIpc) is 2.68. The first kappa shape index (κ1) is 18.6. The third kappa shape index (κ3) is 4.92. The van der Waals surface area contributed by atoms with E-state index < -0.39 is 6.03 Å². The zero-order valence-electron chi connectivity index (χ0n) is 14.7. The van der Waals surface area contributed by atoms with Crippen molar-refractivity contribution in [3.63, 3.8) is 0 Å². The van der Waals surface area contributed by atoms with Gasteiger partial charge < -0.3 is 21.7 Å². The van der Waals surface area contributed by atoms with Crippen molar-refractivity contribution in [2.75, 3.05) is 16.0 Å². The average molecular weight is 375 g/mol. The maximum absolute atomic E-state index is 12.5. The summed E-state index contributed by atoms with van der Waals surface area (Å²) >= 11 is 0. The number of carbonyl (C=O) groups is 3. The van der Waals surface area contributed by atoms with Crippen LogP contribution in [0.15, 0.2) is 73.1 Å². The number of benzene rings is 2. The normalized spacial score (nSPS) is 10.0. The van der Waals surface area contributed by atoms with E-state index in [9.17, 15) is 14.4 Å². The summed E-state index contributed by atoms with van der Waals surface area (Å²) in [6, 6.07) is 15.7. The summed E-state index contributed by atoms with van der Waals surface area (Å²) in [6.07, 6.45) is 3.04. The number of primary amides is 1. The summed E-state index contributed by atoms with van der Waals surface area (Å²) in [5, 5.41) is 7.90. The molecule has 2 aromatic carbocycles. The molecule has 8 nitrogen and oxygen atoms in total. The summed E-state index contributed by atoms with van der Waals surface area (Å²) in [7, 11) is 0. The van der Waals surface area contributed by atoms with Crippen molar-refractivity contribution >= 4 is 34.9 Å². The van der Waals surface area contributed by atoms with Crippen LogP contribution in [0.1, 0.15) is 20.7 Å². The summed E-state index contributed by atoms with van der Waals surface area (Å²) in [5.41, 5.74) is 7.29. The van der Waals surface area contributed by atoms with Crippen LogP contribution >= 0.6 is 0 Å². The van der Waals surface area contributed by atoms with Crippen molar-refractivity contribution in [1.82, 2.24) is 4.98 Å². The van der Waals surface area contributed by atoms with Crippen LogP contribution in [-0.4, -0.2) is 22.8 Å². The number of nitrogens with zero attached hydrogens (tertiary/aromatic N) is 1. The smallest absolute Gasteiger partial charge is 0.316 e. The molecule has 0 radical (unpaired) electrons. The molecular weight excluding hydrogens is 358 g/mol. The van der Waals surface area contributed by atoms with Gasteiger partial charge in [-0.05, 0) is 48.5 Å². The molecule has 28 heavy (non-hydrogen) atoms. The number of anilines is 3. The van der Waals surface area contributed by atoms with Crippen LogP contribution in [0.4, 0.5) is 21.9 Å². The molecule has 0 aliphatic heterocycles. The molecule has 0 bridgehead atoms. The number of rotatable bonds is 5. The van der Waals surface area contributed by atoms with Crippen LogP contribution in [0.5, 0.6) is 0 Å². The summed E-state index contributed by atoms with van der Waals surface area (Å²) in [5.74, 6) is -0.690. The van der Waals surface area contributed by atoms with Crippen LogP contribution in [0, 0.1) is 0 Å². The van der Waals surface area contributed by atoms with Gasteiger partial charge in [0.05, 0.1) is 5.56 Å². The Bertz CT molecular complexity index is 1020. The zero-order chi connectivity index (χ0) is 19.9. The summed E-state index contributed by atoms with van der Waals surface area (Å²) < 4.78 is 0. The molecule has 3 rings (SSSR count). The first-order chi connectivity index (χ1) is 13.5. The number of urea groups is 1. The molecule has 5 N–H and O–H groups in total. The van der Waals surface area contributed by atoms with E-state index in [4.69, 9.17) is 5.73 Å². The van der Waals surface area contributed by atoms with Gasteiger partial charge in [0.2, 0.25) is 0 Å². The number of hydrogen-bond donors (Lipinski definition) is 4. The molecule has 0 saturated carbocycles. The van der Waals surface area contributed by atoms with E-state index in [2.05, 4.69) is 20.9 Å². The van der Waals surface area contributed by atoms with Gasteiger partial charge in [-0.15, -0.1) is 0 Å². The lowest BCUT2D eigenvalue weighted by Gasteiger charge is -2.09. The Morgan fingerprint density at radius 1 is 0.714 bits per heavy atom. The summed E-state index contributed by atoms with van der Waals surface area (Å²) in [6.45, 7) is 0. The van der Waals surface area contributed by atoms with Crippen molar-refractivity contribution in [3.05, 3.63) is 84.2 Å². The van der Waals surface area contributed by atoms with Crippen LogP contribution in [0.2, 0.25) is 0 Å². The number of nitrogens with two attached hydrogens (primary N) is 1. The Morgan fingerprint density at radius 2 is 1.29 bits per heavy atom. The van der Waals surface area contributed by atoms with Gasteiger partial charge in [0, 0.05) is 35.0 Å². The Morgan fingerprint density at radius 3 is 1.93 bits per heavy atom. The van der Waals surface area contributed by atoms with Crippen molar-refractivity contribution in [3.8, 4) is 0 Å². The van der Waals surface area contributed by atoms with Crippen LogP contribution in [-0.2, 0) is 0 Å². The SMILES string of the molecule is NC(=O)Nc1cccc(NC(=O)c2cccc(NC(=O)c3cccnc3)c2)c1. The number of amides is 4. The Kier molecular flexibility index (Phi) is 5.61. The highest BCUT2D eigenvalue weighted by Gasteiger charge is 2.10. The minimum Gasteiger partial charge on any atom is -0.351 e. The van der Waals surface area contributed by atoms with Gasteiger partial charge in [-0.25, -0.2) is 4.79 Å². The van der Waals surface area contributed by atoms with Crippen molar-refractivity contribution in [2.45, 2.75) is 0 Å². The molecule has 0 saturated heterocycles. The molecule has 0 fully saturated rings. The standard InChI is InChI=1S/C20H17N5O3/c21-20(28)25-17-8-2-7-16(11-17)24-18(26)13-4-1-6-15(10-13)23-19(27)14-5-3-9-22-12-14/h1-12H,(H,23,27)(H,24,26)(H3,21,25,28). The van der Waals surface area contributed by atoms with Gasteiger partial charge in [0.15, 0.2) is 0 Å². The first-order valence-corrected chi connectivity index (χ1v) is 8.30. The van der Waals surface area contributed by atoms with E-state index in [0.717, 1.165) is 0 Å². The fourth-order valence-electron chi connectivity index (χ4n) is 2.46. The third-order valence-corrected chi connectivity index (χ3v) is 3.69. The van der Waals surface area contributed by atoms with Gasteiger partial charge in [0.1, 0.15) is 0 Å². The lowest BCUT2D eigenvalue weighted by atomic mass is 10.1. The number of nitrogens with one attached hydrogen (secondary N) is 3. The van der Waals surface area contributed by atoms with Crippen LogP contribution < -0.4 is 21.7 Å². The largest absolute Gasteiger partial charge is 0.351 e.